The zero-order chi connectivity index (χ0) is 46.0. The topological polar surface area (TPSA) is 610 Å². The minimum Gasteiger partial charge on any atom is -0.394 e. The number of hydrogen-bond acceptors (Lipinski definition) is 20. The average molecular weight is 942 g/mol. The van der Waals surface area contributed by atoms with Gasteiger partial charge in [0.2, 0.25) is 5.95 Å². The Morgan fingerprint density at radius 3 is 1.31 bits per heavy atom. The molecule has 0 amide bonds. The molecule has 4 aromatic rings. The van der Waals surface area contributed by atoms with Gasteiger partial charge in [0, 0.05) is 0 Å². The molecule has 0 radical (unpaired) electrons. The Balaban J connectivity index is 0.000000409. The Hall–Kier alpha value is -3.38. The summed E-state index contributed by atoms with van der Waals surface area (Å²) in [6, 6.07) is 0. The van der Waals surface area contributed by atoms with Gasteiger partial charge in [0.1, 0.15) is 48.5 Å². The third-order valence-electron chi connectivity index (χ3n) is 6.42. The van der Waals surface area contributed by atoms with E-state index in [1.807, 2.05) is 0 Å². The van der Waals surface area contributed by atoms with Crippen LogP contribution in [0.15, 0.2) is 23.8 Å². The maximum atomic E-state index is 11.7. The van der Waals surface area contributed by atoms with E-state index in [9.17, 15) is 25.2 Å². The SMILES string of the molecule is Nc1nc2c(ncn2[C@@H]2O[C@H](CO)[C@@H](O)[C@H]2O)c(=O)[nH]1.Nc1ncnc2c1ncn2[C@@H]1O[C@H](CO)[C@@H](O)[C@H]1O.O=P(O)(O)O.O=P(O)(O)O.O=P(O)(O)O.O=P(O)(O)O. The highest BCUT2D eigenvalue weighted by Gasteiger charge is 2.45. The van der Waals surface area contributed by atoms with Gasteiger partial charge in [-0.1, -0.05) is 0 Å². The number of ether oxygens (including phenoxy) is 2. The number of imidazole rings is 2. The smallest absolute Gasteiger partial charge is 0.394 e. The minimum absolute atomic E-state index is 0.0388. The van der Waals surface area contributed by atoms with E-state index in [4.69, 9.17) is 108 Å². The Kier molecular flexibility index (Phi) is 19.9. The molecule has 2 aliphatic rings. The Morgan fingerprint density at radius 2 is 0.949 bits per heavy atom. The molecule has 2 fully saturated rings. The number of aliphatic hydroxyl groups excluding tert-OH is 6. The summed E-state index contributed by atoms with van der Waals surface area (Å²) in [6.45, 7) is -0.837. The summed E-state index contributed by atoms with van der Waals surface area (Å²) >= 11 is 0. The molecule has 6 heterocycles. The molecule has 39 heteroatoms. The van der Waals surface area contributed by atoms with Crippen LogP contribution in [-0.2, 0) is 27.7 Å². The van der Waals surface area contributed by atoms with E-state index >= 15 is 0 Å². The molecule has 0 aliphatic carbocycles. The fraction of sp³-hybridized carbons (Fsp3) is 0.500. The van der Waals surface area contributed by atoms with Crippen molar-refractivity contribution < 1.29 is 117 Å². The van der Waals surface area contributed by atoms with Crippen molar-refractivity contribution in [2.75, 3.05) is 24.7 Å². The van der Waals surface area contributed by atoms with Crippen LogP contribution < -0.4 is 17.0 Å². The molecule has 23 N–H and O–H groups in total. The lowest BCUT2D eigenvalue weighted by atomic mass is 10.1. The van der Waals surface area contributed by atoms with E-state index in [0.29, 0.717) is 11.2 Å². The second-order valence-electron chi connectivity index (χ2n) is 10.9. The molecule has 0 saturated carbocycles. The highest BCUT2D eigenvalue weighted by Crippen LogP contribution is 2.33. The first-order valence-electron chi connectivity index (χ1n) is 14.7. The number of phosphoric acid groups is 4. The van der Waals surface area contributed by atoms with Gasteiger partial charge in [-0.2, -0.15) is 4.98 Å². The quantitative estimate of drug-likeness (QED) is 0.0845. The second-order valence-corrected chi connectivity index (χ2v) is 15.0. The van der Waals surface area contributed by atoms with E-state index in [2.05, 4.69) is 29.9 Å². The number of nitrogens with zero attached hydrogens (tertiary/aromatic N) is 7. The van der Waals surface area contributed by atoms with Gasteiger partial charge in [-0.05, 0) is 0 Å². The van der Waals surface area contributed by atoms with Gasteiger partial charge in [-0.15, -0.1) is 0 Å². The lowest BCUT2D eigenvalue weighted by Gasteiger charge is -2.16. The van der Waals surface area contributed by atoms with Gasteiger partial charge in [-0.3, -0.25) is 18.9 Å². The summed E-state index contributed by atoms with van der Waals surface area (Å²) in [6.07, 6.45) is -4.64. The largest absolute Gasteiger partial charge is 0.466 e. The first kappa shape index (κ1) is 53.6. The molecule has 0 unspecified atom stereocenters. The molecular formula is C20H38N10O25P4. The third kappa shape index (κ3) is 19.3. The molecule has 6 rings (SSSR count). The van der Waals surface area contributed by atoms with Crippen molar-refractivity contribution >= 4 is 65.4 Å². The van der Waals surface area contributed by atoms with Crippen LogP contribution in [0.1, 0.15) is 12.5 Å². The molecule has 4 aromatic heterocycles. The lowest BCUT2D eigenvalue weighted by molar-refractivity contribution is -0.0511. The lowest BCUT2D eigenvalue weighted by Crippen LogP contribution is -2.33. The van der Waals surface area contributed by atoms with Crippen molar-refractivity contribution in [2.45, 2.75) is 49.1 Å². The van der Waals surface area contributed by atoms with Crippen LogP contribution in [0.25, 0.3) is 22.3 Å². The van der Waals surface area contributed by atoms with Gasteiger partial charge >= 0.3 is 31.3 Å². The monoisotopic (exact) mass is 942 g/mol. The number of hydrogen-bond donors (Lipinski definition) is 21. The van der Waals surface area contributed by atoms with Gasteiger partial charge < -0.3 is 110 Å². The molecule has 2 saturated heterocycles. The number of anilines is 2. The number of aromatic nitrogens is 8. The first-order chi connectivity index (χ1) is 26.7. The first-order valence-corrected chi connectivity index (χ1v) is 21.0. The van der Waals surface area contributed by atoms with E-state index in [1.165, 1.54) is 28.1 Å². The molecule has 0 aromatic carbocycles. The number of rotatable bonds is 4. The van der Waals surface area contributed by atoms with Crippen LogP contribution in [-0.4, -0.2) is 178 Å². The van der Waals surface area contributed by atoms with Gasteiger partial charge in [0.25, 0.3) is 5.56 Å². The fourth-order valence-electron chi connectivity index (χ4n) is 4.41. The van der Waals surface area contributed by atoms with E-state index in [-0.39, 0.29) is 22.9 Å². The highest BCUT2D eigenvalue weighted by atomic mass is 31.2. The predicted octanol–water partition coefficient (Wildman–Crippen LogP) is -8.38. The van der Waals surface area contributed by atoms with Crippen LogP contribution in [0.2, 0.25) is 0 Å². The Bertz CT molecular complexity index is 2090. The summed E-state index contributed by atoms with van der Waals surface area (Å²) in [5, 5.41) is 57.5. The van der Waals surface area contributed by atoms with Crippen molar-refractivity contribution in [1.82, 2.24) is 39.0 Å². The maximum Gasteiger partial charge on any atom is 0.466 e. The summed E-state index contributed by atoms with van der Waals surface area (Å²) in [7, 11) is -18.6. The average Bonchev–Trinajstić information content (AvgIpc) is 3.80. The zero-order valence-electron chi connectivity index (χ0n) is 28.7. The van der Waals surface area contributed by atoms with Gasteiger partial charge in [0.05, 0.1) is 25.9 Å². The number of fused-ring (bicyclic) bond motifs is 2. The Labute approximate surface area is 324 Å². The van der Waals surface area contributed by atoms with E-state index in [0.717, 1.165) is 0 Å². The van der Waals surface area contributed by atoms with Gasteiger partial charge in [-0.25, -0.2) is 38.2 Å². The number of nitrogens with one attached hydrogen (secondary N) is 1. The third-order valence-corrected chi connectivity index (χ3v) is 6.42. The van der Waals surface area contributed by atoms with Crippen LogP contribution in [0.4, 0.5) is 11.8 Å². The standard InChI is InChI=1S/C10H13N5O5.C10H13N5O4.4H3O4P/c11-10-13-7-4(8(19)14-10)12-2-15(7)9-6(18)5(17)3(1-16)20-9;11-8-5-9(13-2-12-8)15(3-14-5)10-7(18)6(17)4(1-16)19-10;4*1-5(2,3)4/h2-3,5-6,9,16-18H,1H2,(H3,11,13,14,19);2-4,6-7,10,16-18H,1H2,(H2,11,12,13);4*(H3,1,2,3,4)/t3-,5-,6-,9-;4-,6-,7-,10-;;;;/m11..../s1. The van der Waals surface area contributed by atoms with Crippen molar-refractivity contribution in [2.24, 2.45) is 0 Å². The van der Waals surface area contributed by atoms with Crippen molar-refractivity contribution in [1.29, 1.82) is 0 Å². The zero-order valence-corrected chi connectivity index (χ0v) is 32.3. The fourth-order valence-corrected chi connectivity index (χ4v) is 4.41. The van der Waals surface area contributed by atoms with Crippen molar-refractivity contribution in [3.63, 3.8) is 0 Å². The predicted molar refractivity (Wildman–Crippen MR) is 185 cm³/mol. The molecular weight excluding hydrogens is 904 g/mol. The molecule has 35 nitrogen and oxygen atoms in total. The van der Waals surface area contributed by atoms with E-state index < -0.39 is 99.1 Å². The van der Waals surface area contributed by atoms with Crippen molar-refractivity contribution in [3.8, 4) is 0 Å². The van der Waals surface area contributed by atoms with Gasteiger partial charge in [0.15, 0.2) is 35.1 Å². The van der Waals surface area contributed by atoms with Crippen LogP contribution in [0.3, 0.4) is 0 Å². The summed E-state index contributed by atoms with van der Waals surface area (Å²) in [5.41, 5.74) is 11.6. The number of nitrogen functional groups attached to an aromatic ring is 2. The van der Waals surface area contributed by atoms with Crippen LogP contribution >= 0.6 is 31.3 Å². The summed E-state index contributed by atoms with van der Waals surface area (Å²) in [5.74, 6) is 0.117. The maximum absolute atomic E-state index is 11.7. The number of nitrogens with two attached hydrogens (primary N) is 2. The summed E-state index contributed by atoms with van der Waals surface area (Å²) < 4.78 is 49.0. The number of aliphatic hydroxyl groups is 6. The molecule has 59 heavy (non-hydrogen) atoms. The molecule has 2 aliphatic heterocycles. The molecule has 0 spiro atoms. The van der Waals surface area contributed by atoms with Crippen LogP contribution in [0, 0.1) is 0 Å². The van der Waals surface area contributed by atoms with Crippen molar-refractivity contribution in [3.05, 3.63) is 29.3 Å². The number of aromatic amines is 1. The minimum atomic E-state index is -4.64. The molecule has 338 valence electrons. The highest BCUT2D eigenvalue weighted by molar-refractivity contribution is 7.45. The summed E-state index contributed by atoms with van der Waals surface area (Å²) in [4.78, 5) is 120. The number of H-pyrrole nitrogens is 1. The Morgan fingerprint density at radius 1 is 0.593 bits per heavy atom. The second kappa shape index (κ2) is 21.9. The van der Waals surface area contributed by atoms with Crippen LogP contribution in [0.5, 0.6) is 0 Å². The molecule has 8 atom stereocenters. The normalized spacial score (nSPS) is 24.2. The van der Waals surface area contributed by atoms with E-state index in [1.54, 1.807) is 0 Å². The molecule has 0 bridgehead atoms.